The summed E-state index contributed by atoms with van der Waals surface area (Å²) in [6.45, 7) is -2.12. The Morgan fingerprint density at radius 2 is 1.69 bits per heavy atom. The standard InChI is InChI=1S/C42H42F3N3O10/c1-47(30(37(51)46-16-17-49)19-25-8-3-2-4-9-25)39(53)41-22-31-33-34(57-40(56-33)20-28-12-5-6-13-29(28)21-40)36(41)58-48(35(41)38(52)55-31)23-27-11-7-10-26(18-27)14-15-32(50)54-24-42(43,44)45/h2-15,18,30-31,33-36,49H,16-17,19-24H2,1H3,(H,46,51). The highest BCUT2D eigenvalue weighted by Crippen LogP contribution is 2.59. The van der Waals surface area contributed by atoms with Gasteiger partial charge in [0.2, 0.25) is 11.8 Å². The Morgan fingerprint density at radius 1 is 1.00 bits per heavy atom. The summed E-state index contributed by atoms with van der Waals surface area (Å²) in [6.07, 6.45) is -5.03. The Labute approximate surface area is 331 Å². The molecule has 7 atom stereocenters. The number of hydroxylamine groups is 2. The van der Waals surface area contributed by atoms with Crippen molar-refractivity contribution in [3.8, 4) is 0 Å². The van der Waals surface area contributed by atoms with Crippen molar-refractivity contribution in [2.24, 2.45) is 5.41 Å². The summed E-state index contributed by atoms with van der Waals surface area (Å²) in [5, 5.41) is 13.6. The molecule has 16 heteroatoms. The lowest BCUT2D eigenvalue weighted by Gasteiger charge is -2.50. The van der Waals surface area contributed by atoms with Gasteiger partial charge in [-0.15, -0.1) is 0 Å². The summed E-state index contributed by atoms with van der Waals surface area (Å²) in [7, 11) is 1.52. The maximum Gasteiger partial charge on any atom is 0.422 e. The second-order valence-electron chi connectivity index (χ2n) is 15.4. The molecule has 2 bridgehead atoms. The van der Waals surface area contributed by atoms with E-state index in [1.54, 1.807) is 24.3 Å². The number of hydrogen-bond acceptors (Lipinski definition) is 11. The molecule has 3 aliphatic heterocycles. The highest BCUT2D eigenvalue weighted by atomic mass is 19.4. The van der Waals surface area contributed by atoms with Gasteiger partial charge in [-0.3, -0.25) is 19.2 Å². The Bertz CT molecular complexity index is 2070. The van der Waals surface area contributed by atoms with Gasteiger partial charge in [-0.05, 0) is 33.9 Å². The van der Waals surface area contributed by atoms with Gasteiger partial charge in [-0.25, -0.2) is 4.79 Å². The monoisotopic (exact) mass is 805 g/mol. The number of hydrogen-bond donors (Lipinski definition) is 2. The van der Waals surface area contributed by atoms with Gasteiger partial charge in [-0.2, -0.15) is 18.2 Å². The number of benzene rings is 3. The molecule has 1 saturated carbocycles. The Morgan fingerprint density at radius 3 is 2.40 bits per heavy atom. The second-order valence-corrected chi connectivity index (χ2v) is 15.4. The lowest BCUT2D eigenvalue weighted by molar-refractivity contribution is -0.218. The molecule has 1 spiro atoms. The summed E-state index contributed by atoms with van der Waals surface area (Å²) in [5.41, 5.74) is 2.30. The largest absolute Gasteiger partial charge is 0.458 e. The first-order valence-corrected chi connectivity index (χ1v) is 19.1. The zero-order valence-electron chi connectivity index (χ0n) is 31.4. The minimum atomic E-state index is -4.67. The first-order chi connectivity index (χ1) is 27.8. The number of halogens is 3. The highest BCUT2D eigenvalue weighted by Gasteiger charge is 2.77. The van der Waals surface area contributed by atoms with Crippen molar-refractivity contribution in [1.29, 1.82) is 0 Å². The van der Waals surface area contributed by atoms with Gasteiger partial charge in [0.15, 0.2) is 18.4 Å². The molecule has 3 saturated heterocycles. The van der Waals surface area contributed by atoms with Crippen LogP contribution in [0.5, 0.6) is 0 Å². The molecule has 306 valence electrons. The van der Waals surface area contributed by atoms with Crippen molar-refractivity contribution >= 4 is 29.8 Å². The predicted molar refractivity (Wildman–Crippen MR) is 197 cm³/mol. The molecular weight excluding hydrogens is 763 g/mol. The van der Waals surface area contributed by atoms with Gasteiger partial charge in [0, 0.05) is 45.4 Å². The van der Waals surface area contributed by atoms with Crippen molar-refractivity contribution in [3.63, 3.8) is 0 Å². The quantitative estimate of drug-likeness (QED) is 0.205. The molecule has 58 heavy (non-hydrogen) atoms. The number of amides is 2. The van der Waals surface area contributed by atoms with E-state index in [2.05, 4.69) is 10.1 Å². The summed E-state index contributed by atoms with van der Waals surface area (Å²) >= 11 is 0. The number of ether oxygens (including phenoxy) is 4. The number of esters is 2. The van der Waals surface area contributed by atoms with Crippen LogP contribution in [0.4, 0.5) is 13.2 Å². The molecule has 3 aromatic rings. The third-order valence-electron chi connectivity index (χ3n) is 11.5. The van der Waals surface area contributed by atoms with E-state index in [1.165, 1.54) is 23.1 Å². The summed E-state index contributed by atoms with van der Waals surface area (Å²) in [4.78, 5) is 63.5. The number of nitrogens with one attached hydrogen (secondary N) is 1. The van der Waals surface area contributed by atoms with Crippen molar-refractivity contribution in [3.05, 3.63) is 113 Å². The van der Waals surface area contributed by atoms with Crippen LogP contribution in [0, 0.1) is 5.41 Å². The first-order valence-electron chi connectivity index (χ1n) is 19.1. The number of carbonyl (C=O) groups is 4. The van der Waals surface area contributed by atoms with Gasteiger partial charge >= 0.3 is 18.1 Å². The van der Waals surface area contributed by atoms with Gasteiger partial charge < -0.3 is 34.3 Å². The fraction of sp³-hybridized carbons (Fsp3) is 0.429. The second kappa shape index (κ2) is 15.6. The average molecular weight is 806 g/mol. The fourth-order valence-corrected chi connectivity index (χ4v) is 9.09. The lowest BCUT2D eigenvalue weighted by Crippen LogP contribution is -2.70. The molecule has 7 unspecified atom stereocenters. The fourth-order valence-electron chi connectivity index (χ4n) is 9.09. The molecule has 2 amide bonds. The van der Waals surface area contributed by atoms with Crippen LogP contribution in [0.1, 0.15) is 34.2 Å². The zero-order chi connectivity index (χ0) is 40.8. The third kappa shape index (κ3) is 7.50. The Hall–Kier alpha value is -5.13. The molecule has 5 aliphatic rings. The Kier molecular flexibility index (Phi) is 10.6. The molecule has 8 rings (SSSR count). The SMILES string of the molecule is CN(C(=O)C12CC3OC(=O)C1N(Cc1cccc(C=CC(=O)OCC(F)(F)F)c1)OC2C1OC2(Cc4ccccc4C2)OC31)C(Cc1ccccc1)C(=O)NCCO. The maximum absolute atomic E-state index is 15.4. The van der Waals surface area contributed by atoms with Crippen LogP contribution in [-0.4, -0.2) is 114 Å². The van der Waals surface area contributed by atoms with Crippen molar-refractivity contribution in [1.82, 2.24) is 15.3 Å². The zero-order valence-corrected chi connectivity index (χ0v) is 31.4. The summed E-state index contributed by atoms with van der Waals surface area (Å²) in [6, 6.07) is 21.4. The third-order valence-corrected chi connectivity index (χ3v) is 11.5. The smallest absolute Gasteiger partial charge is 0.422 e. The topological polar surface area (TPSA) is 153 Å². The molecule has 4 fully saturated rings. The summed E-state index contributed by atoms with van der Waals surface area (Å²) in [5.74, 6) is -4.00. The van der Waals surface area contributed by atoms with Crippen LogP contribution in [0.2, 0.25) is 0 Å². The highest BCUT2D eigenvalue weighted by molar-refractivity contribution is 5.96. The lowest BCUT2D eigenvalue weighted by atomic mass is 9.62. The number of alkyl halides is 3. The van der Waals surface area contributed by atoms with Gasteiger partial charge in [-0.1, -0.05) is 78.9 Å². The first kappa shape index (κ1) is 39.7. The van der Waals surface area contributed by atoms with E-state index in [-0.39, 0.29) is 32.5 Å². The van der Waals surface area contributed by atoms with Crippen LogP contribution in [0.15, 0.2) is 84.9 Å². The van der Waals surface area contributed by atoms with E-state index in [0.717, 1.165) is 22.8 Å². The van der Waals surface area contributed by atoms with Gasteiger partial charge in [0.25, 0.3) is 0 Å². The molecule has 2 aliphatic carbocycles. The van der Waals surface area contributed by atoms with E-state index in [1.807, 2.05) is 54.6 Å². The van der Waals surface area contributed by atoms with E-state index < -0.39 is 84.2 Å². The normalized spacial score (nSPS) is 27.2. The Balaban J connectivity index is 1.13. The van der Waals surface area contributed by atoms with Crippen LogP contribution in [-0.2, 0) is 68.8 Å². The molecule has 0 aromatic heterocycles. The molecule has 3 aromatic carbocycles. The minimum Gasteiger partial charge on any atom is -0.458 e. The number of nitrogens with zero attached hydrogens (tertiary/aromatic N) is 2. The van der Waals surface area contributed by atoms with Crippen LogP contribution in [0.3, 0.4) is 0 Å². The van der Waals surface area contributed by atoms with Crippen molar-refractivity contribution in [2.45, 2.75) is 80.7 Å². The maximum atomic E-state index is 15.4. The predicted octanol–water partition coefficient (Wildman–Crippen LogP) is 3.06. The van der Waals surface area contributed by atoms with Crippen LogP contribution >= 0.6 is 0 Å². The van der Waals surface area contributed by atoms with E-state index in [9.17, 15) is 32.7 Å². The summed E-state index contributed by atoms with van der Waals surface area (Å²) < 4.78 is 61.6. The van der Waals surface area contributed by atoms with Gasteiger partial charge in [0.05, 0.1) is 13.2 Å². The van der Waals surface area contributed by atoms with E-state index >= 15 is 4.79 Å². The number of carbonyl (C=O) groups excluding carboxylic acids is 4. The van der Waals surface area contributed by atoms with Crippen molar-refractivity contribution in [2.75, 3.05) is 26.8 Å². The number of rotatable bonds is 12. The van der Waals surface area contributed by atoms with Gasteiger partial charge in [0.1, 0.15) is 35.9 Å². The van der Waals surface area contributed by atoms with Crippen LogP contribution < -0.4 is 5.32 Å². The number of aliphatic hydroxyl groups is 1. The van der Waals surface area contributed by atoms with Crippen LogP contribution in [0.25, 0.3) is 6.08 Å². The average Bonchev–Trinajstić information content (AvgIpc) is 3.88. The molecular formula is C42H42F3N3O10. The number of likely N-dealkylation sites (N-methyl/N-ethyl adjacent to an activating group) is 1. The number of fused-ring (bicyclic) bond motifs is 5. The minimum absolute atomic E-state index is 0.0143. The molecule has 13 nitrogen and oxygen atoms in total. The number of aliphatic hydroxyl groups excluding tert-OH is 1. The molecule has 2 N–H and O–H groups in total. The molecule has 0 radical (unpaired) electrons. The van der Waals surface area contributed by atoms with E-state index in [0.29, 0.717) is 24.0 Å². The molecule has 3 heterocycles. The van der Waals surface area contributed by atoms with E-state index in [4.69, 9.17) is 19.0 Å². The van der Waals surface area contributed by atoms with Crippen molar-refractivity contribution < 1.29 is 61.2 Å².